The van der Waals surface area contributed by atoms with Crippen LogP contribution in [0.4, 0.5) is 11.6 Å². The highest BCUT2D eigenvalue weighted by atomic mass is 15.2. The van der Waals surface area contributed by atoms with E-state index in [1.165, 1.54) is 36.0 Å². The molecule has 1 saturated heterocycles. The Morgan fingerprint density at radius 2 is 2.04 bits per heavy atom. The van der Waals surface area contributed by atoms with Crippen LogP contribution in [0.5, 0.6) is 0 Å². The lowest BCUT2D eigenvalue weighted by Crippen LogP contribution is -2.24. The zero-order valence-corrected chi connectivity index (χ0v) is 15.7. The van der Waals surface area contributed by atoms with Crippen molar-refractivity contribution >= 4 is 17.5 Å². The molecule has 2 aliphatic heterocycles. The van der Waals surface area contributed by atoms with Crippen molar-refractivity contribution in [3.05, 3.63) is 59.4 Å². The van der Waals surface area contributed by atoms with E-state index in [9.17, 15) is 0 Å². The maximum atomic E-state index is 4.61. The third-order valence-corrected chi connectivity index (χ3v) is 5.74. The summed E-state index contributed by atoms with van der Waals surface area (Å²) in [5.41, 5.74) is 4.14. The van der Waals surface area contributed by atoms with Gasteiger partial charge in [0.2, 0.25) is 0 Å². The van der Waals surface area contributed by atoms with Crippen molar-refractivity contribution in [2.45, 2.75) is 38.6 Å². The van der Waals surface area contributed by atoms with Crippen LogP contribution in [-0.2, 0) is 0 Å². The number of rotatable bonds is 4. The number of hydrogen-bond acceptors (Lipinski definition) is 5. The number of benzene rings is 1. The summed E-state index contributed by atoms with van der Waals surface area (Å²) in [6.45, 7) is 4.02. The third kappa shape index (κ3) is 3.46. The monoisotopic (exact) mass is 359 g/mol. The van der Waals surface area contributed by atoms with Crippen molar-refractivity contribution in [2.75, 3.05) is 23.3 Å². The van der Waals surface area contributed by atoms with Crippen molar-refractivity contribution in [2.24, 2.45) is 10.9 Å². The van der Waals surface area contributed by atoms with Crippen LogP contribution in [0.2, 0.25) is 0 Å². The molecular formula is C22H25N5. The van der Waals surface area contributed by atoms with Gasteiger partial charge in [-0.1, -0.05) is 29.8 Å². The van der Waals surface area contributed by atoms with Crippen LogP contribution in [0.15, 0.2) is 53.3 Å². The summed E-state index contributed by atoms with van der Waals surface area (Å²) in [7, 11) is 0. The number of amidine groups is 1. The molecule has 1 aromatic carbocycles. The van der Waals surface area contributed by atoms with Crippen molar-refractivity contribution in [1.29, 1.82) is 0 Å². The molecular weight excluding hydrogens is 334 g/mol. The van der Waals surface area contributed by atoms with E-state index >= 15 is 0 Å². The predicted octanol–water partition coefficient (Wildman–Crippen LogP) is 4.29. The van der Waals surface area contributed by atoms with Crippen molar-refractivity contribution in [3.63, 3.8) is 0 Å². The van der Waals surface area contributed by atoms with E-state index < -0.39 is 0 Å². The number of nitrogens with zero attached hydrogens (tertiary/aromatic N) is 4. The van der Waals surface area contributed by atoms with Gasteiger partial charge in [-0.2, -0.15) is 0 Å². The summed E-state index contributed by atoms with van der Waals surface area (Å²) in [5, 5.41) is 3.38. The average molecular weight is 359 g/mol. The first kappa shape index (κ1) is 16.5. The Morgan fingerprint density at radius 3 is 2.89 bits per heavy atom. The Kier molecular flexibility index (Phi) is 4.15. The molecule has 2 aromatic rings. The van der Waals surface area contributed by atoms with Gasteiger partial charge in [-0.3, -0.25) is 4.99 Å². The summed E-state index contributed by atoms with van der Waals surface area (Å²) in [6.07, 6.45) is 8.85. The quantitative estimate of drug-likeness (QED) is 0.885. The molecule has 5 rings (SSSR count). The van der Waals surface area contributed by atoms with Crippen LogP contribution in [0.1, 0.15) is 42.9 Å². The largest absolute Gasteiger partial charge is 0.349 e. The van der Waals surface area contributed by atoms with Crippen molar-refractivity contribution in [3.8, 4) is 0 Å². The number of aliphatic imine (C=N–C) groups is 1. The van der Waals surface area contributed by atoms with Gasteiger partial charge >= 0.3 is 0 Å². The van der Waals surface area contributed by atoms with Crippen LogP contribution in [0, 0.1) is 12.8 Å². The minimum absolute atomic E-state index is 0.387. The van der Waals surface area contributed by atoms with Gasteiger partial charge in [0.1, 0.15) is 23.8 Å². The first-order valence-corrected chi connectivity index (χ1v) is 9.93. The fourth-order valence-electron chi connectivity index (χ4n) is 4.19. The average Bonchev–Trinajstić information content (AvgIpc) is 3.22. The number of aromatic nitrogens is 2. The molecule has 1 unspecified atom stereocenters. The molecule has 1 aliphatic carbocycles. The van der Waals surface area contributed by atoms with Gasteiger partial charge in [0.25, 0.3) is 0 Å². The van der Waals surface area contributed by atoms with E-state index in [4.69, 9.17) is 0 Å². The Labute approximate surface area is 160 Å². The van der Waals surface area contributed by atoms with E-state index in [0.717, 1.165) is 42.9 Å². The minimum Gasteiger partial charge on any atom is -0.349 e. The van der Waals surface area contributed by atoms with Crippen LogP contribution >= 0.6 is 0 Å². The highest BCUT2D eigenvalue weighted by Crippen LogP contribution is 2.38. The fraction of sp³-hybridized carbons (Fsp3) is 0.409. The van der Waals surface area contributed by atoms with Crippen LogP contribution < -0.4 is 10.2 Å². The van der Waals surface area contributed by atoms with Gasteiger partial charge in [0, 0.05) is 12.6 Å². The number of anilines is 2. The standard InChI is InChI=1S/C22H25N5/c1-15-4-2-5-17(10-15)19-6-3-9-27(19)22-12-21(24-14-25-22)26-20-11-18(13-23-20)16-7-8-16/h2,4-5,10-12,14,16,19H,3,6-9,13H2,1H3,(H,23,24,25,26). The second-order valence-electron chi connectivity index (χ2n) is 7.85. The molecule has 2 fully saturated rings. The summed E-state index contributed by atoms with van der Waals surface area (Å²) < 4.78 is 0. The lowest BCUT2D eigenvalue weighted by molar-refractivity contribution is 0.710. The first-order valence-electron chi connectivity index (χ1n) is 9.93. The zero-order valence-electron chi connectivity index (χ0n) is 15.7. The normalized spacial score (nSPS) is 22.0. The molecule has 5 heteroatoms. The van der Waals surface area contributed by atoms with Gasteiger partial charge < -0.3 is 10.2 Å². The smallest absolute Gasteiger partial charge is 0.137 e. The lowest BCUT2D eigenvalue weighted by Gasteiger charge is -2.26. The second kappa shape index (κ2) is 6.80. The number of hydrogen-bond donors (Lipinski definition) is 1. The SMILES string of the molecule is Cc1cccc(C2CCCN2c2cc(NC3=NCC(C4CC4)=C3)ncn2)c1. The maximum absolute atomic E-state index is 4.61. The van der Waals surface area contributed by atoms with Crippen LogP contribution in [0.25, 0.3) is 0 Å². The molecule has 1 N–H and O–H groups in total. The lowest BCUT2D eigenvalue weighted by atomic mass is 10.0. The van der Waals surface area contributed by atoms with Gasteiger partial charge in [0.05, 0.1) is 12.6 Å². The van der Waals surface area contributed by atoms with E-state index in [0.29, 0.717) is 6.04 Å². The van der Waals surface area contributed by atoms with Crippen LogP contribution in [-0.4, -0.2) is 28.9 Å². The third-order valence-electron chi connectivity index (χ3n) is 5.74. The summed E-state index contributed by atoms with van der Waals surface area (Å²) in [4.78, 5) is 16.0. The van der Waals surface area contributed by atoms with Gasteiger partial charge in [-0.05, 0) is 55.7 Å². The summed E-state index contributed by atoms with van der Waals surface area (Å²) >= 11 is 0. The Hall–Kier alpha value is -2.69. The molecule has 3 aliphatic rings. The molecule has 138 valence electrons. The molecule has 0 amide bonds. The molecule has 3 heterocycles. The number of nitrogens with one attached hydrogen (secondary N) is 1. The Morgan fingerprint density at radius 1 is 1.11 bits per heavy atom. The Bertz CT molecular complexity index is 912. The molecule has 0 bridgehead atoms. The van der Waals surface area contributed by atoms with E-state index in [1.54, 1.807) is 6.33 Å². The summed E-state index contributed by atoms with van der Waals surface area (Å²) in [5.74, 6) is 3.51. The van der Waals surface area contributed by atoms with Gasteiger partial charge in [-0.25, -0.2) is 9.97 Å². The van der Waals surface area contributed by atoms with E-state index in [1.807, 2.05) is 0 Å². The zero-order chi connectivity index (χ0) is 18.2. The van der Waals surface area contributed by atoms with E-state index in [-0.39, 0.29) is 0 Å². The second-order valence-corrected chi connectivity index (χ2v) is 7.85. The van der Waals surface area contributed by atoms with Crippen molar-refractivity contribution < 1.29 is 0 Å². The van der Waals surface area contributed by atoms with Gasteiger partial charge in [0.15, 0.2) is 0 Å². The van der Waals surface area contributed by atoms with E-state index in [2.05, 4.69) is 68.5 Å². The molecule has 1 aromatic heterocycles. The highest BCUT2D eigenvalue weighted by molar-refractivity contribution is 6.05. The first-order chi connectivity index (χ1) is 13.3. The number of aryl methyl sites for hydroxylation is 1. The highest BCUT2D eigenvalue weighted by Gasteiger charge is 2.29. The summed E-state index contributed by atoms with van der Waals surface area (Å²) in [6, 6.07) is 11.3. The Balaban J connectivity index is 1.35. The topological polar surface area (TPSA) is 53.4 Å². The fourth-order valence-corrected chi connectivity index (χ4v) is 4.19. The van der Waals surface area contributed by atoms with Crippen LogP contribution in [0.3, 0.4) is 0 Å². The minimum atomic E-state index is 0.387. The molecule has 27 heavy (non-hydrogen) atoms. The molecule has 1 atom stereocenters. The maximum Gasteiger partial charge on any atom is 0.137 e. The molecule has 0 spiro atoms. The molecule has 1 saturated carbocycles. The molecule has 0 radical (unpaired) electrons. The van der Waals surface area contributed by atoms with Gasteiger partial charge in [-0.15, -0.1) is 0 Å². The molecule has 5 nitrogen and oxygen atoms in total. The van der Waals surface area contributed by atoms with Crippen molar-refractivity contribution in [1.82, 2.24) is 9.97 Å². The predicted molar refractivity (Wildman–Crippen MR) is 109 cm³/mol.